The minimum Gasteiger partial charge on any atom is -0.324 e. The Morgan fingerprint density at radius 1 is 1.36 bits per heavy atom. The lowest BCUT2D eigenvalue weighted by Gasteiger charge is -2.17. The van der Waals surface area contributed by atoms with Gasteiger partial charge in [0.25, 0.3) is 0 Å². The highest BCUT2D eigenvalue weighted by atomic mass is 31.2. The molecule has 0 aromatic rings. The molecular formula is C7H17O3P. The fourth-order valence-electron chi connectivity index (χ4n) is 0.745. The van der Waals surface area contributed by atoms with Gasteiger partial charge in [0.05, 0.1) is 6.10 Å². The second-order valence-electron chi connectivity index (χ2n) is 2.50. The number of hydrogen-bond donors (Lipinski definition) is 1. The van der Waals surface area contributed by atoms with Crippen LogP contribution in [0.5, 0.6) is 0 Å². The van der Waals surface area contributed by atoms with Crippen molar-refractivity contribution in [3.05, 3.63) is 0 Å². The molecule has 0 bridgehead atoms. The summed E-state index contributed by atoms with van der Waals surface area (Å²) in [5.41, 5.74) is 0. The van der Waals surface area contributed by atoms with Gasteiger partial charge >= 0.3 is 7.60 Å². The Kier molecular flexibility index (Phi) is 4.98. The van der Waals surface area contributed by atoms with Gasteiger partial charge in [-0.15, -0.1) is 0 Å². The van der Waals surface area contributed by atoms with Crippen LogP contribution in [0.1, 0.15) is 33.6 Å². The van der Waals surface area contributed by atoms with Crippen molar-refractivity contribution in [2.45, 2.75) is 39.7 Å². The molecule has 0 aliphatic heterocycles. The quantitative estimate of drug-likeness (QED) is 0.661. The second kappa shape index (κ2) is 4.91. The van der Waals surface area contributed by atoms with Crippen LogP contribution in [-0.4, -0.2) is 17.2 Å². The van der Waals surface area contributed by atoms with Crippen molar-refractivity contribution in [1.82, 2.24) is 0 Å². The first-order chi connectivity index (χ1) is 5.05. The van der Waals surface area contributed by atoms with E-state index < -0.39 is 7.60 Å². The predicted octanol–water partition coefficient (Wildman–Crippen LogP) is 2.40. The highest BCUT2D eigenvalue weighted by Gasteiger charge is 2.19. The van der Waals surface area contributed by atoms with Crippen LogP contribution in [0.25, 0.3) is 0 Å². The molecule has 1 atom stereocenters. The van der Waals surface area contributed by atoms with E-state index in [1.54, 1.807) is 6.92 Å². The van der Waals surface area contributed by atoms with Crippen molar-refractivity contribution in [1.29, 1.82) is 0 Å². The minimum absolute atomic E-state index is 0.0641. The van der Waals surface area contributed by atoms with Crippen LogP contribution in [0.3, 0.4) is 0 Å². The second-order valence-corrected chi connectivity index (χ2v) is 4.62. The van der Waals surface area contributed by atoms with E-state index in [0.29, 0.717) is 0 Å². The standard InChI is InChI=1S/C7H17O3P/c1-4-7(5-2)10-11(8,9)6-3/h7H,4-6H2,1-3H3,(H,8,9). The summed E-state index contributed by atoms with van der Waals surface area (Å²) >= 11 is 0. The Bertz CT molecular complexity index is 143. The highest BCUT2D eigenvalue weighted by Crippen LogP contribution is 2.43. The molecule has 68 valence electrons. The SMILES string of the molecule is CCC(CC)OP(=O)(O)CC. The average Bonchev–Trinajstić information content (AvgIpc) is 2.00. The Morgan fingerprint density at radius 3 is 2.09 bits per heavy atom. The van der Waals surface area contributed by atoms with Crippen LogP contribution in [0.4, 0.5) is 0 Å². The van der Waals surface area contributed by atoms with Crippen molar-refractivity contribution in [3.63, 3.8) is 0 Å². The van der Waals surface area contributed by atoms with E-state index in [9.17, 15) is 4.57 Å². The van der Waals surface area contributed by atoms with Gasteiger partial charge in [0.1, 0.15) is 0 Å². The van der Waals surface area contributed by atoms with Gasteiger partial charge in [0, 0.05) is 6.16 Å². The van der Waals surface area contributed by atoms with Crippen molar-refractivity contribution in [2.75, 3.05) is 6.16 Å². The van der Waals surface area contributed by atoms with Crippen LogP contribution in [0.2, 0.25) is 0 Å². The summed E-state index contributed by atoms with van der Waals surface area (Å²) < 4.78 is 16.0. The molecule has 1 unspecified atom stereocenters. The summed E-state index contributed by atoms with van der Waals surface area (Å²) in [6.07, 6.45) is 1.72. The predicted molar refractivity (Wildman–Crippen MR) is 45.8 cm³/mol. The molecule has 0 rings (SSSR count). The monoisotopic (exact) mass is 180 g/mol. The smallest absolute Gasteiger partial charge is 0.324 e. The van der Waals surface area contributed by atoms with E-state index in [4.69, 9.17) is 9.42 Å². The van der Waals surface area contributed by atoms with E-state index >= 15 is 0 Å². The van der Waals surface area contributed by atoms with Gasteiger partial charge in [0.2, 0.25) is 0 Å². The molecule has 4 heteroatoms. The van der Waals surface area contributed by atoms with Gasteiger partial charge < -0.3 is 9.42 Å². The maximum atomic E-state index is 11.0. The molecule has 0 aromatic heterocycles. The molecule has 0 aromatic carbocycles. The first-order valence-corrected chi connectivity index (χ1v) is 5.82. The molecule has 11 heavy (non-hydrogen) atoms. The molecule has 0 radical (unpaired) electrons. The molecule has 0 heterocycles. The van der Waals surface area contributed by atoms with Gasteiger partial charge in [-0.25, -0.2) is 0 Å². The molecule has 0 aliphatic rings. The summed E-state index contributed by atoms with van der Waals surface area (Å²) in [6.45, 7) is 5.55. The summed E-state index contributed by atoms with van der Waals surface area (Å²) in [6, 6.07) is 0. The highest BCUT2D eigenvalue weighted by molar-refractivity contribution is 7.52. The van der Waals surface area contributed by atoms with E-state index in [1.807, 2.05) is 13.8 Å². The van der Waals surface area contributed by atoms with Crippen molar-refractivity contribution >= 4 is 7.60 Å². The van der Waals surface area contributed by atoms with Crippen LogP contribution in [0.15, 0.2) is 0 Å². The lowest BCUT2D eigenvalue weighted by molar-refractivity contribution is 0.166. The number of hydrogen-bond acceptors (Lipinski definition) is 2. The zero-order chi connectivity index (χ0) is 8.91. The first kappa shape index (κ1) is 11.2. The number of rotatable bonds is 5. The molecule has 0 saturated heterocycles. The van der Waals surface area contributed by atoms with Crippen molar-refractivity contribution in [2.24, 2.45) is 0 Å². The molecule has 0 amide bonds. The van der Waals surface area contributed by atoms with Gasteiger partial charge in [-0.3, -0.25) is 4.57 Å². The molecule has 1 N–H and O–H groups in total. The molecule has 0 spiro atoms. The van der Waals surface area contributed by atoms with Gasteiger partial charge in [-0.1, -0.05) is 20.8 Å². The van der Waals surface area contributed by atoms with E-state index in [2.05, 4.69) is 0 Å². The zero-order valence-electron chi connectivity index (χ0n) is 7.41. The Balaban J connectivity index is 3.90. The maximum absolute atomic E-state index is 11.0. The van der Waals surface area contributed by atoms with Gasteiger partial charge in [-0.05, 0) is 12.8 Å². The molecule has 0 saturated carbocycles. The summed E-state index contributed by atoms with van der Waals surface area (Å²) in [5, 5.41) is 0. The summed E-state index contributed by atoms with van der Waals surface area (Å²) in [7, 11) is -3.26. The lowest BCUT2D eigenvalue weighted by Crippen LogP contribution is -2.08. The zero-order valence-corrected chi connectivity index (χ0v) is 8.30. The maximum Gasteiger partial charge on any atom is 0.328 e. The summed E-state index contributed by atoms with van der Waals surface area (Å²) in [4.78, 5) is 9.09. The van der Waals surface area contributed by atoms with Crippen LogP contribution < -0.4 is 0 Å². The largest absolute Gasteiger partial charge is 0.328 e. The Hall–Kier alpha value is 0.150. The van der Waals surface area contributed by atoms with Crippen molar-refractivity contribution < 1.29 is 14.0 Å². The Morgan fingerprint density at radius 2 is 1.82 bits per heavy atom. The van der Waals surface area contributed by atoms with Crippen LogP contribution in [0, 0.1) is 0 Å². The first-order valence-electron chi connectivity index (χ1n) is 4.05. The topological polar surface area (TPSA) is 46.5 Å². The van der Waals surface area contributed by atoms with Crippen molar-refractivity contribution in [3.8, 4) is 0 Å². The molecule has 3 nitrogen and oxygen atoms in total. The third-order valence-corrected chi connectivity index (χ3v) is 3.05. The molecular weight excluding hydrogens is 163 g/mol. The van der Waals surface area contributed by atoms with E-state index in [1.165, 1.54) is 0 Å². The van der Waals surface area contributed by atoms with E-state index in [0.717, 1.165) is 12.8 Å². The van der Waals surface area contributed by atoms with Crippen LogP contribution >= 0.6 is 7.60 Å². The summed E-state index contributed by atoms with van der Waals surface area (Å²) in [5.74, 6) is 0. The third kappa shape index (κ3) is 4.57. The fourth-order valence-corrected chi connectivity index (χ4v) is 1.66. The van der Waals surface area contributed by atoms with Gasteiger partial charge in [0.15, 0.2) is 0 Å². The van der Waals surface area contributed by atoms with Gasteiger partial charge in [-0.2, -0.15) is 0 Å². The fraction of sp³-hybridized carbons (Fsp3) is 1.00. The lowest BCUT2D eigenvalue weighted by atomic mass is 10.2. The average molecular weight is 180 g/mol. The van der Waals surface area contributed by atoms with E-state index in [-0.39, 0.29) is 12.3 Å². The molecule has 0 fully saturated rings. The molecule has 0 aliphatic carbocycles. The van der Waals surface area contributed by atoms with Crippen LogP contribution in [-0.2, 0) is 9.09 Å². The Labute approximate surface area is 68.3 Å². The minimum atomic E-state index is -3.26. The third-order valence-electron chi connectivity index (χ3n) is 1.62. The normalized spacial score (nSPS) is 16.8.